The summed E-state index contributed by atoms with van der Waals surface area (Å²) in [7, 11) is -3.76. The molecule has 2 rings (SSSR count). The zero-order valence-electron chi connectivity index (χ0n) is 13.1. The number of hydrogen-bond donors (Lipinski definition) is 1. The number of ether oxygens (including phenoxy) is 1. The predicted molar refractivity (Wildman–Crippen MR) is 90.7 cm³/mol. The van der Waals surface area contributed by atoms with Crippen LogP contribution in [0.25, 0.3) is 0 Å². The van der Waals surface area contributed by atoms with Crippen LogP contribution < -0.4 is 9.46 Å². The van der Waals surface area contributed by atoms with Crippen molar-refractivity contribution in [1.29, 1.82) is 0 Å². The second-order valence-electron chi connectivity index (χ2n) is 5.08. The molecule has 0 aliphatic carbocycles. The summed E-state index contributed by atoms with van der Waals surface area (Å²) in [5, 5.41) is 10.6. The van der Waals surface area contributed by atoms with Crippen molar-refractivity contribution in [2.45, 2.75) is 24.7 Å². The molecule has 24 heavy (non-hydrogen) atoms. The van der Waals surface area contributed by atoms with Crippen LogP contribution in [-0.4, -0.2) is 19.9 Å². The molecule has 0 amide bonds. The van der Waals surface area contributed by atoms with E-state index in [-0.39, 0.29) is 16.3 Å². The average molecular weight is 350 g/mol. The van der Waals surface area contributed by atoms with E-state index in [1.807, 2.05) is 0 Å². The maximum Gasteiger partial charge on any atom is 0.269 e. The fraction of sp³-hybridized carbons (Fsp3) is 0.250. The van der Waals surface area contributed by atoms with Crippen LogP contribution in [0.3, 0.4) is 0 Å². The minimum Gasteiger partial charge on any atom is -0.494 e. The normalized spacial score (nSPS) is 11.0. The fourth-order valence-corrected chi connectivity index (χ4v) is 2.97. The molecule has 0 radical (unpaired) electrons. The zero-order valence-corrected chi connectivity index (χ0v) is 14.0. The van der Waals surface area contributed by atoms with Crippen LogP contribution in [0.4, 0.5) is 11.4 Å². The van der Waals surface area contributed by atoms with E-state index < -0.39 is 14.9 Å². The van der Waals surface area contributed by atoms with Crippen molar-refractivity contribution >= 4 is 21.4 Å². The van der Waals surface area contributed by atoms with E-state index >= 15 is 0 Å². The zero-order chi connectivity index (χ0) is 17.6. The molecule has 7 nitrogen and oxygen atoms in total. The van der Waals surface area contributed by atoms with E-state index in [0.717, 1.165) is 12.8 Å². The van der Waals surface area contributed by atoms with E-state index in [1.54, 1.807) is 12.1 Å². The largest absolute Gasteiger partial charge is 0.494 e. The van der Waals surface area contributed by atoms with Crippen LogP contribution in [-0.2, 0) is 10.0 Å². The van der Waals surface area contributed by atoms with E-state index in [2.05, 4.69) is 11.6 Å². The first-order valence-electron chi connectivity index (χ1n) is 7.42. The molecular formula is C16H18N2O5S. The number of rotatable bonds is 8. The van der Waals surface area contributed by atoms with Crippen molar-refractivity contribution in [3.8, 4) is 5.75 Å². The lowest BCUT2D eigenvalue weighted by Crippen LogP contribution is -2.12. The predicted octanol–water partition coefficient (Wildman–Crippen LogP) is 3.57. The Hall–Kier alpha value is -2.61. The molecule has 0 unspecified atom stereocenters. The molecule has 2 aromatic carbocycles. The second kappa shape index (κ2) is 7.78. The highest BCUT2D eigenvalue weighted by Gasteiger charge is 2.15. The third kappa shape index (κ3) is 4.69. The molecule has 0 aliphatic rings. The standard InChI is InChI=1S/C16H18N2O5S/c1-2-3-12-23-15-8-10-16(11-9-15)24(21,22)17-13-4-6-14(7-5-13)18(19)20/h4-11,17H,2-3,12H2,1H3. The monoisotopic (exact) mass is 350 g/mol. The number of hydrogen-bond acceptors (Lipinski definition) is 5. The number of anilines is 1. The highest BCUT2D eigenvalue weighted by molar-refractivity contribution is 7.92. The molecule has 0 aliphatic heterocycles. The van der Waals surface area contributed by atoms with Crippen LogP contribution in [0.5, 0.6) is 5.75 Å². The lowest BCUT2D eigenvalue weighted by molar-refractivity contribution is -0.384. The van der Waals surface area contributed by atoms with Gasteiger partial charge in [0.1, 0.15) is 5.75 Å². The number of nitro groups is 1. The molecular weight excluding hydrogens is 332 g/mol. The Labute approximate surface area is 140 Å². The molecule has 0 fully saturated rings. The van der Waals surface area contributed by atoms with Gasteiger partial charge >= 0.3 is 0 Å². The van der Waals surface area contributed by atoms with Crippen LogP contribution in [0.1, 0.15) is 19.8 Å². The second-order valence-corrected chi connectivity index (χ2v) is 6.77. The number of sulfonamides is 1. The topological polar surface area (TPSA) is 98.5 Å². The Kier molecular flexibility index (Phi) is 5.75. The SMILES string of the molecule is CCCCOc1ccc(S(=O)(=O)Nc2ccc([N+](=O)[O-])cc2)cc1. The van der Waals surface area contributed by atoms with Crippen molar-refractivity contribution in [3.05, 3.63) is 58.6 Å². The van der Waals surface area contributed by atoms with Crippen molar-refractivity contribution in [2.75, 3.05) is 11.3 Å². The Balaban J connectivity index is 2.08. The molecule has 0 bridgehead atoms. The van der Waals surface area contributed by atoms with Crippen molar-refractivity contribution in [3.63, 3.8) is 0 Å². The molecule has 1 N–H and O–H groups in total. The van der Waals surface area contributed by atoms with Crippen molar-refractivity contribution < 1.29 is 18.1 Å². The molecule has 128 valence electrons. The molecule has 0 aromatic heterocycles. The van der Waals surface area contributed by atoms with Gasteiger partial charge in [-0.2, -0.15) is 0 Å². The third-order valence-corrected chi connectivity index (χ3v) is 4.63. The van der Waals surface area contributed by atoms with E-state index in [0.29, 0.717) is 12.4 Å². The van der Waals surface area contributed by atoms with Crippen LogP contribution in [0.2, 0.25) is 0 Å². The number of nitrogens with zero attached hydrogens (tertiary/aromatic N) is 1. The van der Waals surface area contributed by atoms with Crippen molar-refractivity contribution in [1.82, 2.24) is 0 Å². The lowest BCUT2D eigenvalue weighted by Gasteiger charge is -2.09. The molecule has 0 heterocycles. The first-order valence-corrected chi connectivity index (χ1v) is 8.91. The molecule has 0 spiro atoms. The van der Waals surface area contributed by atoms with Gasteiger partial charge in [0.05, 0.1) is 16.4 Å². The van der Waals surface area contributed by atoms with Gasteiger partial charge in [0.25, 0.3) is 15.7 Å². The Morgan fingerprint density at radius 2 is 1.71 bits per heavy atom. The van der Waals surface area contributed by atoms with Gasteiger partial charge in [-0.1, -0.05) is 13.3 Å². The molecule has 8 heteroatoms. The van der Waals surface area contributed by atoms with Gasteiger partial charge in [-0.25, -0.2) is 8.42 Å². The molecule has 0 saturated heterocycles. The molecule has 2 aromatic rings. The summed E-state index contributed by atoms with van der Waals surface area (Å²) >= 11 is 0. The summed E-state index contributed by atoms with van der Waals surface area (Å²) < 4.78 is 32.5. The summed E-state index contributed by atoms with van der Waals surface area (Å²) in [6, 6.07) is 11.3. The van der Waals surface area contributed by atoms with Gasteiger partial charge in [0.15, 0.2) is 0 Å². The maximum absolute atomic E-state index is 12.3. The molecule has 0 atom stereocenters. The van der Waals surface area contributed by atoms with E-state index in [1.165, 1.54) is 36.4 Å². The number of benzene rings is 2. The van der Waals surface area contributed by atoms with Crippen LogP contribution in [0.15, 0.2) is 53.4 Å². The van der Waals surface area contributed by atoms with Crippen LogP contribution in [0, 0.1) is 10.1 Å². The first-order chi connectivity index (χ1) is 11.4. The van der Waals surface area contributed by atoms with E-state index in [4.69, 9.17) is 4.74 Å². The Morgan fingerprint density at radius 3 is 2.25 bits per heavy atom. The Morgan fingerprint density at radius 1 is 1.08 bits per heavy atom. The van der Waals surface area contributed by atoms with Gasteiger partial charge in [-0.05, 0) is 42.8 Å². The third-order valence-electron chi connectivity index (χ3n) is 3.23. The highest BCUT2D eigenvalue weighted by Crippen LogP contribution is 2.21. The minimum atomic E-state index is -3.76. The Bertz CT molecular complexity index is 786. The lowest BCUT2D eigenvalue weighted by atomic mass is 10.3. The van der Waals surface area contributed by atoms with Gasteiger partial charge in [0.2, 0.25) is 0 Å². The van der Waals surface area contributed by atoms with Crippen LogP contribution >= 0.6 is 0 Å². The van der Waals surface area contributed by atoms with Crippen molar-refractivity contribution in [2.24, 2.45) is 0 Å². The van der Waals surface area contributed by atoms with Gasteiger partial charge in [0, 0.05) is 17.8 Å². The first kappa shape index (κ1) is 17.7. The summed E-state index contributed by atoms with van der Waals surface area (Å²) in [5.74, 6) is 0.609. The summed E-state index contributed by atoms with van der Waals surface area (Å²) in [6.45, 7) is 2.65. The number of nitrogens with one attached hydrogen (secondary N) is 1. The average Bonchev–Trinajstić information content (AvgIpc) is 2.56. The number of nitro benzene ring substituents is 1. The van der Waals surface area contributed by atoms with E-state index in [9.17, 15) is 18.5 Å². The molecule has 0 saturated carbocycles. The van der Waals surface area contributed by atoms with Gasteiger partial charge in [-0.15, -0.1) is 0 Å². The van der Waals surface area contributed by atoms with Gasteiger partial charge < -0.3 is 4.74 Å². The summed E-state index contributed by atoms with van der Waals surface area (Å²) in [6.07, 6.45) is 1.95. The smallest absolute Gasteiger partial charge is 0.269 e. The quantitative estimate of drug-likeness (QED) is 0.446. The number of unbranched alkanes of at least 4 members (excludes halogenated alkanes) is 1. The fourth-order valence-electron chi connectivity index (χ4n) is 1.91. The minimum absolute atomic E-state index is 0.0868. The summed E-state index contributed by atoms with van der Waals surface area (Å²) in [5.41, 5.74) is 0.149. The summed E-state index contributed by atoms with van der Waals surface area (Å²) in [4.78, 5) is 10.1. The highest BCUT2D eigenvalue weighted by atomic mass is 32.2. The number of non-ortho nitro benzene ring substituents is 1. The maximum atomic E-state index is 12.3. The van der Waals surface area contributed by atoms with Gasteiger partial charge in [-0.3, -0.25) is 14.8 Å².